The molecule has 7 nitrogen and oxygen atoms in total. The molecule has 0 atom stereocenters. The molecular weight excluding hydrogens is 258 g/mol. The van der Waals surface area contributed by atoms with Crippen LogP contribution in [0.25, 0.3) is 0 Å². The summed E-state index contributed by atoms with van der Waals surface area (Å²) < 4.78 is 7.21. The van der Waals surface area contributed by atoms with Gasteiger partial charge in [-0.1, -0.05) is 0 Å². The van der Waals surface area contributed by atoms with Crippen LogP contribution in [0.5, 0.6) is 0 Å². The number of carbonyl (C=O) groups excluding carboxylic acids is 1. The number of Topliss-reactive ketones (excluding diaryl/α,β-unsaturated/α-hetero) is 1. The lowest BCUT2D eigenvalue weighted by Crippen LogP contribution is -2.37. The third kappa shape index (κ3) is 1.89. The molecule has 0 radical (unpaired) electrons. The molecule has 1 aliphatic carbocycles. The molecule has 1 saturated heterocycles. The third-order valence-corrected chi connectivity index (χ3v) is 4.05. The maximum absolute atomic E-state index is 11.9. The smallest absolute Gasteiger partial charge is 0.246 e. The summed E-state index contributed by atoms with van der Waals surface area (Å²) in [4.78, 5) is 18.6. The molecule has 0 bridgehead atoms. The first-order valence-electron chi connectivity index (χ1n) is 7.11. The molecule has 0 spiro atoms. The van der Waals surface area contributed by atoms with Gasteiger partial charge < -0.3 is 15.0 Å². The lowest BCUT2D eigenvalue weighted by molar-refractivity contribution is -0.116. The summed E-state index contributed by atoms with van der Waals surface area (Å²) in [5.41, 5.74) is 1.91. The van der Waals surface area contributed by atoms with E-state index in [-0.39, 0.29) is 5.78 Å². The van der Waals surface area contributed by atoms with Crippen molar-refractivity contribution in [2.24, 2.45) is 0 Å². The molecule has 1 aromatic rings. The average molecular weight is 275 g/mol. The van der Waals surface area contributed by atoms with Crippen LogP contribution in [0.1, 0.15) is 19.3 Å². The zero-order chi connectivity index (χ0) is 13.5. The number of nitrogens with one attached hydrogen (secondary N) is 1. The number of ketones is 1. The van der Waals surface area contributed by atoms with Gasteiger partial charge in [0.25, 0.3) is 0 Å². The van der Waals surface area contributed by atoms with E-state index in [0.29, 0.717) is 32.1 Å². The molecule has 0 saturated carbocycles. The number of rotatable bonds is 1. The van der Waals surface area contributed by atoms with Crippen molar-refractivity contribution in [3.05, 3.63) is 11.3 Å². The number of allylic oxidation sites excluding steroid dienone is 2. The average Bonchev–Trinajstić information content (AvgIpc) is 2.90. The Bertz CT molecular complexity index is 586. The zero-order valence-electron chi connectivity index (χ0n) is 11.3. The van der Waals surface area contributed by atoms with Gasteiger partial charge in [-0.05, 0) is 18.4 Å². The molecule has 7 heteroatoms. The van der Waals surface area contributed by atoms with E-state index in [1.165, 1.54) is 0 Å². The normalized spacial score (nSPS) is 22.4. The molecule has 0 amide bonds. The van der Waals surface area contributed by atoms with E-state index < -0.39 is 0 Å². The van der Waals surface area contributed by atoms with Crippen molar-refractivity contribution < 1.29 is 9.53 Å². The van der Waals surface area contributed by atoms with Gasteiger partial charge in [-0.25, -0.2) is 4.68 Å². The van der Waals surface area contributed by atoms with Gasteiger partial charge in [0.15, 0.2) is 5.78 Å². The number of carbonyl (C=O) groups is 1. The van der Waals surface area contributed by atoms with Crippen molar-refractivity contribution in [3.8, 4) is 0 Å². The Labute approximate surface area is 116 Å². The third-order valence-electron chi connectivity index (χ3n) is 4.05. The monoisotopic (exact) mass is 275 g/mol. The fourth-order valence-electron chi connectivity index (χ4n) is 2.95. The molecule has 3 heterocycles. The Morgan fingerprint density at radius 1 is 1.20 bits per heavy atom. The zero-order valence-corrected chi connectivity index (χ0v) is 11.3. The van der Waals surface area contributed by atoms with Crippen LogP contribution < -0.4 is 10.2 Å². The summed E-state index contributed by atoms with van der Waals surface area (Å²) in [5.74, 6) is 1.61. The van der Waals surface area contributed by atoms with E-state index in [4.69, 9.17) is 4.74 Å². The topological polar surface area (TPSA) is 72.3 Å². The lowest BCUT2D eigenvalue weighted by atomic mass is 9.94. The van der Waals surface area contributed by atoms with Crippen LogP contribution >= 0.6 is 0 Å². The first-order valence-corrected chi connectivity index (χ1v) is 7.11. The number of aromatic nitrogens is 3. The Morgan fingerprint density at radius 2 is 2.05 bits per heavy atom. The fraction of sp³-hybridized carbons (Fsp3) is 0.615. The van der Waals surface area contributed by atoms with Crippen molar-refractivity contribution >= 4 is 17.7 Å². The SMILES string of the molecule is O=C1CCCC2=C1Nc1nc(N3CCOCC3)nn1C2. The minimum Gasteiger partial charge on any atom is -0.378 e. The maximum Gasteiger partial charge on any atom is 0.246 e. The number of morpholine rings is 1. The molecule has 1 N–H and O–H groups in total. The van der Waals surface area contributed by atoms with E-state index in [1.807, 2.05) is 4.68 Å². The van der Waals surface area contributed by atoms with E-state index in [0.717, 1.165) is 43.1 Å². The Morgan fingerprint density at radius 3 is 2.90 bits per heavy atom. The second-order valence-electron chi connectivity index (χ2n) is 5.37. The van der Waals surface area contributed by atoms with Gasteiger partial charge in [0.05, 0.1) is 25.5 Å². The van der Waals surface area contributed by atoms with Gasteiger partial charge in [-0.3, -0.25) is 4.79 Å². The highest BCUT2D eigenvalue weighted by atomic mass is 16.5. The highest BCUT2D eigenvalue weighted by molar-refractivity contribution is 5.99. The van der Waals surface area contributed by atoms with Gasteiger partial charge in [0.1, 0.15) is 0 Å². The van der Waals surface area contributed by atoms with Crippen molar-refractivity contribution in [1.82, 2.24) is 14.8 Å². The van der Waals surface area contributed by atoms with Crippen LogP contribution in [0.3, 0.4) is 0 Å². The Balaban J connectivity index is 1.61. The summed E-state index contributed by atoms with van der Waals surface area (Å²) in [7, 11) is 0. The van der Waals surface area contributed by atoms with Crippen LogP contribution in [0.2, 0.25) is 0 Å². The van der Waals surface area contributed by atoms with Gasteiger partial charge in [0, 0.05) is 19.5 Å². The molecule has 0 unspecified atom stereocenters. The molecule has 1 fully saturated rings. The van der Waals surface area contributed by atoms with Crippen LogP contribution in [0.15, 0.2) is 11.3 Å². The summed E-state index contributed by atoms with van der Waals surface area (Å²) in [6, 6.07) is 0. The summed E-state index contributed by atoms with van der Waals surface area (Å²) in [6.07, 6.45) is 2.55. The first kappa shape index (κ1) is 11.9. The molecule has 2 aliphatic heterocycles. The Hall–Kier alpha value is -1.89. The molecule has 1 aromatic heterocycles. The summed E-state index contributed by atoms with van der Waals surface area (Å²) in [5, 5.41) is 7.73. The summed E-state index contributed by atoms with van der Waals surface area (Å²) in [6.45, 7) is 3.74. The minimum absolute atomic E-state index is 0.202. The number of ether oxygens (including phenoxy) is 1. The molecule has 20 heavy (non-hydrogen) atoms. The molecular formula is C13H17N5O2. The number of hydrogen-bond acceptors (Lipinski definition) is 6. The molecule has 0 aromatic carbocycles. The highest BCUT2D eigenvalue weighted by Crippen LogP contribution is 2.30. The molecule has 3 aliphatic rings. The maximum atomic E-state index is 11.9. The molecule has 4 rings (SSSR count). The highest BCUT2D eigenvalue weighted by Gasteiger charge is 2.28. The van der Waals surface area contributed by atoms with Gasteiger partial charge in [-0.15, -0.1) is 5.10 Å². The van der Waals surface area contributed by atoms with E-state index in [1.54, 1.807) is 0 Å². The predicted octanol–water partition coefficient (Wildman–Crippen LogP) is 0.547. The van der Waals surface area contributed by atoms with Crippen LogP contribution in [0.4, 0.5) is 11.9 Å². The van der Waals surface area contributed by atoms with Crippen molar-refractivity contribution in [2.45, 2.75) is 25.8 Å². The van der Waals surface area contributed by atoms with Crippen molar-refractivity contribution in [2.75, 3.05) is 36.5 Å². The largest absolute Gasteiger partial charge is 0.378 e. The number of nitrogens with zero attached hydrogens (tertiary/aromatic N) is 4. The van der Waals surface area contributed by atoms with Crippen molar-refractivity contribution in [1.29, 1.82) is 0 Å². The summed E-state index contributed by atoms with van der Waals surface area (Å²) >= 11 is 0. The standard InChI is InChI=1S/C13H17N5O2/c19-10-3-1-2-9-8-18-12(14-11(9)10)15-13(16-18)17-4-6-20-7-5-17/h1-8H2,(H,14,15,16). The molecule has 106 valence electrons. The quantitative estimate of drug-likeness (QED) is 0.807. The van der Waals surface area contributed by atoms with E-state index >= 15 is 0 Å². The van der Waals surface area contributed by atoms with Crippen LogP contribution in [-0.2, 0) is 16.1 Å². The van der Waals surface area contributed by atoms with E-state index in [2.05, 4.69) is 20.3 Å². The number of fused-ring (bicyclic) bond motifs is 1. The first-order chi connectivity index (χ1) is 9.81. The minimum atomic E-state index is 0.202. The van der Waals surface area contributed by atoms with E-state index in [9.17, 15) is 4.79 Å². The van der Waals surface area contributed by atoms with Crippen molar-refractivity contribution in [3.63, 3.8) is 0 Å². The lowest BCUT2D eigenvalue weighted by Gasteiger charge is -2.25. The van der Waals surface area contributed by atoms with Gasteiger partial charge >= 0.3 is 0 Å². The second kappa shape index (κ2) is 4.59. The number of hydrogen-bond donors (Lipinski definition) is 1. The van der Waals surface area contributed by atoms with Crippen LogP contribution in [0, 0.1) is 0 Å². The van der Waals surface area contributed by atoms with Crippen LogP contribution in [-0.4, -0.2) is 46.9 Å². The second-order valence-corrected chi connectivity index (χ2v) is 5.37. The van der Waals surface area contributed by atoms with Gasteiger partial charge in [-0.2, -0.15) is 4.98 Å². The predicted molar refractivity (Wildman–Crippen MR) is 72.6 cm³/mol. The Kier molecular flexibility index (Phi) is 2.73. The fourth-order valence-corrected chi connectivity index (χ4v) is 2.95. The number of anilines is 2. The van der Waals surface area contributed by atoms with Gasteiger partial charge in [0.2, 0.25) is 11.9 Å².